The molecular formula is C28H41NO5. The van der Waals surface area contributed by atoms with Gasteiger partial charge in [0.25, 0.3) is 0 Å². The molecule has 5 atom stereocenters. The second kappa shape index (κ2) is 15.5. The van der Waals surface area contributed by atoms with Gasteiger partial charge in [-0.1, -0.05) is 69.2 Å². The van der Waals surface area contributed by atoms with Gasteiger partial charge in [-0.3, -0.25) is 10.1 Å². The number of unbranched alkanes of at least 4 members (excludes halogenated alkanes) is 3. The van der Waals surface area contributed by atoms with Crippen LogP contribution in [0, 0.1) is 17.8 Å². The summed E-state index contributed by atoms with van der Waals surface area (Å²) >= 11 is 0. The van der Waals surface area contributed by atoms with Crippen molar-refractivity contribution in [2.24, 2.45) is 17.8 Å². The zero-order valence-corrected chi connectivity index (χ0v) is 20.6. The maximum absolute atomic E-state index is 12.4. The Balaban J connectivity index is 1.67. The van der Waals surface area contributed by atoms with Gasteiger partial charge in [0.05, 0.1) is 18.8 Å². The van der Waals surface area contributed by atoms with E-state index in [1.54, 1.807) is 18.2 Å². The molecule has 0 radical (unpaired) electrons. The molecule has 1 aliphatic rings. The first-order valence-corrected chi connectivity index (χ1v) is 12.6. The average Bonchev–Trinajstić information content (AvgIpc) is 3.09. The fourth-order valence-corrected chi connectivity index (χ4v) is 4.22. The van der Waals surface area contributed by atoms with Crippen LogP contribution < -0.4 is 5.32 Å². The number of rotatable bonds is 14. The maximum atomic E-state index is 12.4. The van der Waals surface area contributed by atoms with Gasteiger partial charge in [0.2, 0.25) is 0 Å². The quantitative estimate of drug-likeness (QED) is 0.240. The van der Waals surface area contributed by atoms with Crippen molar-refractivity contribution in [3.05, 3.63) is 54.6 Å². The number of nitrogens with one attached hydrogen (secondary N) is 1. The predicted octanol–water partition coefficient (Wildman–Crippen LogP) is 5.66. The first kappa shape index (κ1) is 27.8. The fourth-order valence-electron chi connectivity index (χ4n) is 4.22. The molecule has 6 nitrogen and oxygen atoms in total. The van der Waals surface area contributed by atoms with Gasteiger partial charge in [-0.2, -0.15) is 0 Å². The number of carbonyl (C=O) groups excluding carboxylic acids is 2. The van der Waals surface area contributed by atoms with Crippen LogP contribution in [0.2, 0.25) is 0 Å². The fraction of sp³-hybridized carbons (Fsp3) is 0.571. The number of aliphatic hydroxyl groups excluding tert-OH is 2. The Hall–Kier alpha value is -2.44. The third-order valence-electron chi connectivity index (χ3n) is 6.43. The summed E-state index contributed by atoms with van der Waals surface area (Å²) in [6, 6.07) is 9.18. The highest BCUT2D eigenvalue weighted by atomic mass is 16.5. The van der Waals surface area contributed by atoms with Crippen molar-refractivity contribution in [1.29, 1.82) is 0 Å². The second-order valence-electron chi connectivity index (χ2n) is 9.25. The minimum absolute atomic E-state index is 0.0816. The van der Waals surface area contributed by atoms with Crippen LogP contribution in [0.4, 0.5) is 10.5 Å². The Kier molecular flexibility index (Phi) is 12.6. The van der Waals surface area contributed by atoms with Gasteiger partial charge in [0.1, 0.15) is 5.78 Å². The molecule has 2 rings (SSSR count). The number of aliphatic hydroxyl groups is 2. The molecule has 1 aromatic carbocycles. The number of hydrogen-bond acceptors (Lipinski definition) is 5. The molecule has 1 aliphatic carbocycles. The van der Waals surface area contributed by atoms with Gasteiger partial charge in [-0.15, -0.1) is 0 Å². The normalized spacial score (nSPS) is 22.4. The first-order valence-electron chi connectivity index (χ1n) is 12.6. The standard InChI is InChI=1S/C28H41NO5/c1-3-4-13-21(2)25(30)18-17-24-23(26(31)20-27(24)32)16-11-6-5-7-12-19-34-28(33)29-22-14-9-8-10-15-22/h6,8-11,14-15,17-18,21,23-25,27,30,32H,3-5,7,12-13,16,19-20H2,1-2H3,(H,29,33)/b11-6-,18-17+/t21?,23-,24-,25-,27-/m1/s1. The van der Waals surface area contributed by atoms with Crippen molar-refractivity contribution < 1.29 is 24.5 Å². The van der Waals surface area contributed by atoms with E-state index >= 15 is 0 Å². The second-order valence-corrected chi connectivity index (χ2v) is 9.25. The molecule has 0 saturated heterocycles. The third-order valence-corrected chi connectivity index (χ3v) is 6.43. The zero-order valence-electron chi connectivity index (χ0n) is 20.6. The number of anilines is 1. The highest BCUT2D eigenvalue weighted by Gasteiger charge is 2.39. The molecule has 1 unspecified atom stereocenters. The molecular weight excluding hydrogens is 430 g/mol. The Labute approximate surface area is 204 Å². The van der Waals surface area contributed by atoms with Gasteiger partial charge in [-0.05, 0) is 50.2 Å². The summed E-state index contributed by atoms with van der Waals surface area (Å²) < 4.78 is 5.18. The predicted molar refractivity (Wildman–Crippen MR) is 135 cm³/mol. The van der Waals surface area contributed by atoms with Crippen molar-refractivity contribution in [3.63, 3.8) is 0 Å². The summed E-state index contributed by atoms with van der Waals surface area (Å²) in [5, 5.41) is 23.4. The van der Waals surface area contributed by atoms with E-state index in [9.17, 15) is 19.8 Å². The molecule has 3 N–H and O–H groups in total. The van der Waals surface area contributed by atoms with E-state index in [1.165, 1.54) is 0 Å². The van der Waals surface area contributed by atoms with E-state index in [0.29, 0.717) is 18.7 Å². The third kappa shape index (κ3) is 9.82. The van der Waals surface area contributed by atoms with Crippen LogP contribution in [-0.4, -0.2) is 40.9 Å². The number of ketones is 1. The van der Waals surface area contributed by atoms with Crippen LogP contribution in [-0.2, 0) is 9.53 Å². The van der Waals surface area contributed by atoms with Gasteiger partial charge in [-0.25, -0.2) is 4.79 Å². The smallest absolute Gasteiger partial charge is 0.411 e. The number of allylic oxidation sites excluding steroid dienone is 2. The summed E-state index contributed by atoms with van der Waals surface area (Å²) in [5.74, 6) is -0.247. The monoisotopic (exact) mass is 471 g/mol. The van der Waals surface area contributed by atoms with Crippen molar-refractivity contribution in [2.45, 2.75) is 77.4 Å². The topological polar surface area (TPSA) is 95.9 Å². The number of benzene rings is 1. The summed E-state index contributed by atoms with van der Waals surface area (Å²) in [6.45, 7) is 4.51. The molecule has 0 bridgehead atoms. The molecule has 1 aromatic rings. The Morgan fingerprint density at radius 1 is 1.21 bits per heavy atom. The average molecular weight is 472 g/mol. The van der Waals surface area contributed by atoms with Crippen LogP contribution in [0.15, 0.2) is 54.6 Å². The lowest BCUT2D eigenvalue weighted by Gasteiger charge is -2.19. The van der Waals surface area contributed by atoms with Crippen LogP contribution >= 0.6 is 0 Å². The van der Waals surface area contributed by atoms with Gasteiger partial charge in [0.15, 0.2) is 0 Å². The van der Waals surface area contributed by atoms with Gasteiger partial charge < -0.3 is 14.9 Å². The number of Topliss-reactive ketones (excluding diaryl/α,β-unsaturated/α-hetero) is 1. The van der Waals surface area contributed by atoms with E-state index in [2.05, 4.69) is 12.2 Å². The van der Waals surface area contributed by atoms with Crippen LogP contribution in [0.25, 0.3) is 0 Å². The molecule has 1 saturated carbocycles. The van der Waals surface area contributed by atoms with Crippen LogP contribution in [0.5, 0.6) is 0 Å². The van der Waals surface area contributed by atoms with E-state index in [1.807, 2.05) is 43.4 Å². The van der Waals surface area contributed by atoms with Crippen molar-refractivity contribution in [2.75, 3.05) is 11.9 Å². The van der Waals surface area contributed by atoms with Crippen LogP contribution in [0.3, 0.4) is 0 Å². The van der Waals surface area contributed by atoms with Crippen molar-refractivity contribution >= 4 is 17.6 Å². The van der Waals surface area contributed by atoms with Gasteiger partial charge in [0, 0.05) is 23.9 Å². The lowest BCUT2D eigenvalue weighted by Crippen LogP contribution is -2.20. The molecule has 1 amide bonds. The molecule has 188 valence electrons. The molecule has 0 aliphatic heterocycles. The van der Waals surface area contributed by atoms with E-state index in [4.69, 9.17) is 4.74 Å². The van der Waals surface area contributed by atoms with Crippen molar-refractivity contribution in [1.82, 2.24) is 0 Å². The number of para-hydroxylation sites is 1. The van der Waals surface area contributed by atoms with E-state index in [-0.39, 0.29) is 30.0 Å². The van der Waals surface area contributed by atoms with Crippen molar-refractivity contribution in [3.8, 4) is 0 Å². The largest absolute Gasteiger partial charge is 0.449 e. The molecule has 0 heterocycles. The first-order chi connectivity index (χ1) is 16.4. The highest BCUT2D eigenvalue weighted by Crippen LogP contribution is 2.33. The molecule has 6 heteroatoms. The van der Waals surface area contributed by atoms with E-state index in [0.717, 1.165) is 38.5 Å². The summed E-state index contributed by atoms with van der Waals surface area (Å²) in [5.41, 5.74) is 0.704. The maximum Gasteiger partial charge on any atom is 0.411 e. The SMILES string of the molecule is CCCCC(C)[C@H](O)/C=C/[C@H]1[C@H](O)CC(=O)[C@@H]1C/C=C\CCCCOC(=O)Nc1ccccc1. The number of hydrogen-bond donors (Lipinski definition) is 3. The molecule has 34 heavy (non-hydrogen) atoms. The van der Waals surface area contributed by atoms with E-state index < -0.39 is 18.3 Å². The highest BCUT2D eigenvalue weighted by molar-refractivity contribution is 5.85. The Morgan fingerprint density at radius 3 is 2.71 bits per heavy atom. The Bertz CT molecular complexity index is 791. The lowest BCUT2D eigenvalue weighted by molar-refractivity contribution is -0.121. The summed E-state index contributed by atoms with van der Waals surface area (Å²) in [4.78, 5) is 24.1. The summed E-state index contributed by atoms with van der Waals surface area (Å²) in [6.07, 6.45) is 12.3. The zero-order chi connectivity index (χ0) is 24.8. The molecule has 0 spiro atoms. The lowest BCUT2D eigenvalue weighted by atomic mass is 9.89. The number of amides is 1. The van der Waals surface area contributed by atoms with Crippen LogP contribution in [0.1, 0.15) is 65.2 Å². The summed E-state index contributed by atoms with van der Waals surface area (Å²) in [7, 11) is 0. The minimum atomic E-state index is -0.681. The minimum Gasteiger partial charge on any atom is -0.449 e. The number of carbonyl (C=O) groups is 2. The van der Waals surface area contributed by atoms with Gasteiger partial charge >= 0.3 is 6.09 Å². The Morgan fingerprint density at radius 2 is 1.97 bits per heavy atom. The molecule has 1 fully saturated rings. The molecule has 0 aromatic heterocycles. The number of ether oxygens (including phenoxy) is 1.